The highest BCUT2D eigenvalue weighted by molar-refractivity contribution is 6.13. The maximum absolute atomic E-state index is 13.0. The lowest BCUT2D eigenvalue weighted by Crippen LogP contribution is -2.36. The molecule has 0 bridgehead atoms. The molecule has 0 radical (unpaired) electrons. The fourth-order valence-electron chi connectivity index (χ4n) is 4.83. The van der Waals surface area contributed by atoms with Gasteiger partial charge in [-0.15, -0.1) is 0 Å². The van der Waals surface area contributed by atoms with Crippen LogP contribution in [0.5, 0.6) is 0 Å². The number of ketones is 2. The van der Waals surface area contributed by atoms with E-state index in [2.05, 4.69) is 6.92 Å². The Morgan fingerprint density at radius 1 is 1.21 bits per heavy atom. The number of fused-ring (bicyclic) bond motifs is 3. The number of rotatable bonds is 0. The number of aliphatic hydroxyl groups is 1. The lowest BCUT2D eigenvalue weighted by molar-refractivity contribution is 0.0896. The molecule has 3 aliphatic carbocycles. The molecule has 0 saturated carbocycles. The summed E-state index contributed by atoms with van der Waals surface area (Å²) in [6.45, 7) is 2.15. The monoisotopic (exact) mass is 322 g/mol. The number of hydrogen-bond acceptors (Lipinski definition) is 4. The summed E-state index contributed by atoms with van der Waals surface area (Å²) in [5.74, 6) is 0.301. The first-order valence-corrected chi connectivity index (χ1v) is 8.56. The van der Waals surface area contributed by atoms with Crippen LogP contribution >= 0.6 is 0 Å². The Kier molecular flexibility index (Phi) is 2.63. The molecule has 0 fully saturated rings. The first-order chi connectivity index (χ1) is 11.5. The van der Waals surface area contributed by atoms with Gasteiger partial charge >= 0.3 is 0 Å². The SMILES string of the molecule is C[C@]12CCCc3coc(c31)C(=O)c1cc3c(cc12)[C@H](O)CCC3=O. The van der Waals surface area contributed by atoms with E-state index in [1.165, 1.54) is 0 Å². The summed E-state index contributed by atoms with van der Waals surface area (Å²) in [4.78, 5) is 25.2. The summed E-state index contributed by atoms with van der Waals surface area (Å²) in [6.07, 6.45) is 4.78. The third kappa shape index (κ3) is 1.57. The zero-order valence-corrected chi connectivity index (χ0v) is 13.5. The summed E-state index contributed by atoms with van der Waals surface area (Å²) >= 11 is 0. The van der Waals surface area contributed by atoms with E-state index in [-0.39, 0.29) is 17.0 Å². The minimum absolute atomic E-state index is 0.00521. The molecule has 2 aromatic rings. The van der Waals surface area contributed by atoms with Crippen molar-refractivity contribution in [2.24, 2.45) is 0 Å². The maximum Gasteiger partial charge on any atom is 0.228 e. The molecule has 4 heteroatoms. The van der Waals surface area contributed by atoms with Gasteiger partial charge in [-0.3, -0.25) is 9.59 Å². The van der Waals surface area contributed by atoms with Crippen molar-refractivity contribution in [3.8, 4) is 0 Å². The van der Waals surface area contributed by atoms with Gasteiger partial charge in [0, 0.05) is 28.5 Å². The van der Waals surface area contributed by atoms with Crippen molar-refractivity contribution in [1.82, 2.24) is 0 Å². The number of furan rings is 1. The number of hydrogen-bond donors (Lipinski definition) is 1. The second-order valence-corrected chi connectivity index (χ2v) is 7.44. The highest BCUT2D eigenvalue weighted by Gasteiger charge is 2.46. The van der Waals surface area contributed by atoms with Gasteiger partial charge in [0.05, 0.1) is 12.4 Å². The molecule has 0 aliphatic heterocycles. The number of carbonyl (C=O) groups excluding carboxylic acids is 2. The number of aliphatic hydroxyl groups excluding tert-OH is 1. The van der Waals surface area contributed by atoms with E-state index in [4.69, 9.17) is 4.42 Å². The zero-order valence-electron chi connectivity index (χ0n) is 13.5. The van der Waals surface area contributed by atoms with Crippen molar-refractivity contribution >= 4 is 11.6 Å². The van der Waals surface area contributed by atoms with Crippen LogP contribution in [0.25, 0.3) is 0 Å². The van der Waals surface area contributed by atoms with Gasteiger partial charge in [0.25, 0.3) is 0 Å². The van der Waals surface area contributed by atoms with Crippen LogP contribution in [0.4, 0.5) is 0 Å². The van der Waals surface area contributed by atoms with Gasteiger partial charge in [0.1, 0.15) is 0 Å². The Morgan fingerprint density at radius 2 is 2.04 bits per heavy atom. The Morgan fingerprint density at radius 3 is 2.88 bits per heavy atom. The Balaban J connectivity index is 1.84. The largest absolute Gasteiger partial charge is 0.460 e. The summed E-state index contributed by atoms with van der Waals surface area (Å²) < 4.78 is 5.63. The predicted octanol–water partition coefficient (Wildman–Crippen LogP) is 3.48. The van der Waals surface area contributed by atoms with E-state index >= 15 is 0 Å². The predicted molar refractivity (Wildman–Crippen MR) is 86.5 cm³/mol. The average molecular weight is 322 g/mol. The van der Waals surface area contributed by atoms with E-state index in [1.54, 1.807) is 12.3 Å². The molecule has 24 heavy (non-hydrogen) atoms. The van der Waals surface area contributed by atoms with Crippen LogP contribution < -0.4 is 0 Å². The molecule has 1 N–H and O–H groups in total. The molecule has 4 nitrogen and oxygen atoms in total. The fourth-order valence-corrected chi connectivity index (χ4v) is 4.83. The van der Waals surface area contributed by atoms with Gasteiger partial charge in [0.15, 0.2) is 11.5 Å². The molecule has 0 saturated heterocycles. The Bertz CT molecular complexity index is 920. The molecular formula is C20H18O4. The Labute approximate surface area is 139 Å². The van der Waals surface area contributed by atoms with Crippen LogP contribution in [0.3, 0.4) is 0 Å². The standard InChI is InChI=1S/C20H18O4/c1-20-6-2-3-10-9-24-19(17(10)20)18(23)13-7-11-12(8-14(13)20)16(22)5-4-15(11)21/h7-9,16,22H,2-6H2,1H3/t16-,20-/m1/s1. The highest BCUT2D eigenvalue weighted by Crippen LogP contribution is 2.51. The van der Waals surface area contributed by atoms with Gasteiger partial charge in [-0.05, 0) is 48.4 Å². The average Bonchev–Trinajstić information content (AvgIpc) is 3.02. The topological polar surface area (TPSA) is 67.5 Å². The van der Waals surface area contributed by atoms with Crippen LogP contribution in [0.1, 0.15) is 87.4 Å². The lowest BCUT2D eigenvalue weighted by Gasteiger charge is -2.39. The number of benzene rings is 1. The molecule has 1 heterocycles. The van der Waals surface area contributed by atoms with Crippen molar-refractivity contribution in [3.63, 3.8) is 0 Å². The van der Waals surface area contributed by atoms with Crippen molar-refractivity contribution in [2.45, 2.75) is 50.5 Å². The molecule has 0 spiro atoms. The van der Waals surface area contributed by atoms with E-state index in [0.29, 0.717) is 35.3 Å². The van der Waals surface area contributed by atoms with Crippen molar-refractivity contribution in [1.29, 1.82) is 0 Å². The van der Waals surface area contributed by atoms with Gasteiger partial charge in [-0.1, -0.05) is 13.0 Å². The van der Waals surface area contributed by atoms with E-state index in [0.717, 1.165) is 36.0 Å². The van der Waals surface area contributed by atoms with Crippen LogP contribution in [0.15, 0.2) is 22.8 Å². The molecular weight excluding hydrogens is 304 g/mol. The summed E-state index contributed by atoms with van der Waals surface area (Å²) in [5.41, 5.74) is 4.53. The van der Waals surface area contributed by atoms with Gasteiger partial charge < -0.3 is 9.52 Å². The first-order valence-electron chi connectivity index (χ1n) is 8.56. The molecule has 5 rings (SSSR count). The van der Waals surface area contributed by atoms with E-state index < -0.39 is 6.10 Å². The molecule has 1 aromatic heterocycles. The van der Waals surface area contributed by atoms with Crippen molar-refractivity contribution < 1.29 is 19.1 Å². The first kappa shape index (κ1) is 14.2. The quantitative estimate of drug-likeness (QED) is 0.806. The molecule has 0 unspecified atom stereocenters. The smallest absolute Gasteiger partial charge is 0.228 e. The zero-order chi connectivity index (χ0) is 16.6. The molecule has 2 atom stereocenters. The summed E-state index contributed by atoms with van der Waals surface area (Å²) in [5, 5.41) is 10.4. The van der Waals surface area contributed by atoms with Gasteiger partial charge in [-0.25, -0.2) is 0 Å². The van der Waals surface area contributed by atoms with Crippen LogP contribution in [0, 0.1) is 0 Å². The third-order valence-electron chi connectivity index (χ3n) is 6.08. The summed E-state index contributed by atoms with van der Waals surface area (Å²) in [7, 11) is 0. The number of Topliss-reactive ketones (excluding diaryl/α,β-unsaturated/α-hetero) is 1. The minimum atomic E-state index is -0.629. The Hall–Kier alpha value is -2.20. The van der Waals surface area contributed by atoms with E-state index in [1.807, 2.05) is 6.07 Å². The highest BCUT2D eigenvalue weighted by atomic mass is 16.3. The van der Waals surface area contributed by atoms with Gasteiger partial charge in [-0.2, -0.15) is 0 Å². The fraction of sp³-hybridized carbons (Fsp3) is 0.400. The van der Waals surface area contributed by atoms with Crippen LogP contribution in [0.2, 0.25) is 0 Å². The molecule has 1 aromatic carbocycles. The lowest BCUT2D eigenvalue weighted by atomic mass is 9.62. The second kappa shape index (κ2) is 4.45. The maximum atomic E-state index is 13.0. The van der Waals surface area contributed by atoms with Crippen LogP contribution in [-0.2, 0) is 11.8 Å². The van der Waals surface area contributed by atoms with Crippen molar-refractivity contribution in [2.75, 3.05) is 0 Å². The van der Waals surface area contributed by atoms with Gasteiger partial charge in [0.2, 0.25) is 5.78 Å². The minimum Gasteiger partial charge on any atom is -0.460 e. The van der Waals surface area contributed by atoms with Crippen molar-refractivity contribution in [3.05, 3.63) is 57.5 Å². The summed E-state index contributed by atoms with van der Waals surface area (Å²) in [6, 6.07) is 3.61. The molecule has 3 aliphatic rings. The molecule has 0 amide bonds. The second-order valence-electron chi connectivity index (χ2n) is 7.44. The number of aryl methyl sites for hydroxylation is 1. The van der Waals surface area contributed by atoms with Crippen LogP contribution in [-0.4, -0.2) is 16.7 Å². The number of carbonyl (C=O) groups is 2. The third-order valence-corrected chi connectivity index (χ3v) is 6.08. The normalized spacial score (nSPS) is 27.5. The molecule has 122 valence electrons. The van der Waals surface area contributed by atoms with E-state index in [9.17, 15) is 14.7 Å².